The molecule has 0 bridgehead atoms. The van der Waals surface area contributed by atoms with Gasteiger partial charge in [0.2, 0.25) is 5.91 Å². The molecule has 1 aromatic heterocycles. The maximum Gasteiger partial charge on any atom is 0.239 e. The highest BCUT2D eigenvalue weighted by Gasteiger charge is 2.33. The third kappa shape index (κ3) is 3.03. The van der Waals surface area contributed by atoms with E-state index in [1.807, 2.05) is 6.92 Å². The fourth-order valence-electron chi connectivity index (χ4n) is 3.72. The van der Waals surface area contributed by atoms with Gasteiger partial charge >= 0.3 is 0 Å². The molecule has 5 heteroatoms. The van der Waals surface area contributed by atoms with Crippen LogP contribution in [0, 0.1) is 12.8 Å². The number of nitrogens with zero attached hydrogens (tertiary/aromatic N) is 2. The van der Waals surface area contributed by atoms with E-state index in [0.717, 1.165) is 12.5 Å². The second-order valence-corrected chi connectivity index (χ2v) is 6.10. The number of aryl methyl sites for hydroxylation is 1. The lowest BCUT2D eigenvalue weighted by Gasteiger charge is -2.43. The van der Waals surface area contributed by atoms with Crippen molar-refractivity contribution in [2.24, 2.45) is 5.92 Å². The number of fused-ring (bicyclic) bond motifs is 1. The van der Waals surface area contributed by atoms with E-state index in [1.165, 1.54) is 38.5 Å². The third-order valence-corrected chi connectivity index (χ3v) is 4.60. The van der Waals surface area contributed by atoms with Crippen LogP contribution in [0.1, 0.15) is 44.3 Å². The number of rotatable bonds is 3. The molecule has 2 aliphatic rings. The van der Waals surface area contributed by atoms with Gasteiger partial charge in [-0.1, -0.05) is 18.0 Å². The summed E-state index contributed by atoms with van der Waals surface area (Å²) in [6, 6.07) is 2.36. The second kappa shape index (κ2) is 5.95. The molecule has 20 heavy (non-hydrogen) atoms. The molecule has 2 heterocycles. The summed E-state index contributed by atoms with van der Waals surface area (Å²) in [6.07, 6.45) is 7.82. The molecule has 110 valence electrons. The zero-order valence-corrected chi connectivity index (χ0v) is 12.1. The lowest BCUT2D eigenvalue weighted by Crippen LogP contribution is -2.49. The summed E-state index contributed by atoms with van der Waals surface area (Å²) in [4.78, 5) is 14.5. The van der Waals surface area contributed by atoms with E-state index in [-0.39, 0.29) is 5.91 Å². The quantitative estimate of drug-likeness (QED) is 0.922. The third-order valence-electron chi connectivity index (χ3n) is 4.60. The molecule has 3 rings (SSSR count). The number of anilines is 1. The normalized spacial score (nSPS) is 27.1. The van der Waals surface area contributed by atoms with Gasteiger partial charge in [-0.2, -0.15) is 0 Å². The number of likely N-dealkylation sites (tertiary alicyclic amines) is 1. The standard InChI is InChI=1S/C15H23N3O2/c1-11-9-14(17-20-11)16-15(19)10-18-8-4-6-12-5-2-3-7-13(12)18/h9,12-13H,2-8,10H2,1H3,(H,16,17,19). The molecule has 2 fully saturated rings. The highest BCUT2D eigenvalue weighted by molar-refractivity contribution is 5.91. The van der Waals surface area contributed by atoms with E-state index < -0.39 is 0 Å². The Hall–Kier alpha value is -1.36. The van der Waals surface area contributed by atoms with Crippen molar-refractivity contribution in [3.63, 3.8) is 0 Å². The van der Waals surface area contributed by atoms with Gasteiger partial charge in [0, 0.05) is 12.1 Å². The molecule has 1 aliphatic carbocycles. The number of nitrogens with one attached hydrogen (secondary N) is 1. The van der Waals surface area contributed by atoms with Crippen LogP contribution in [0.4, 0.5) is 5.82 Å². The van der Waals surface area contributed by atoms with Crippen molar-refractivity contribution in [1.29, 1.82) is 0 Å². The van der Waals surface area contributed by atoms with Crippen molar-refractivity contribution in [3.8, 4) is 0 Å². The summed E-state index contributed by atoms with van der Waals surface area (Å²) in [7, 11) is 0. The smallest absolute Gasteiger partial charge is 0.239 e. The summed E-state index contributed by atoms with van der Waals surface area (Å²) in [5.74, 6) is 2.06. The number of amides is 1. The zero-order valence-electron chi connectivity index (χ0n) is 12.1. The number of carbonyl (C=O) groups excluding carboxylic acids is 1. The Balaban J connectivity index is 1.57. The first-order chi connectivity index (χ1) is 9.72. The molecule has 1 saturated carbocycles. The summed E-state index contributed by atoms with van der Waals surface area (Å²) in [6.45, 7) is 3.35. The highest BCUT2D eigenvalue weighted by atomic mass is 16.5. The first-order valence-corrected chi connectivity index (χ1v) is 7.69. The maximum atomic E-state index is 12.1. The predicted molar refractivity (Wildman–Crippen MR) is 76.4 cm³/mol. The minimum Gasteiger partial charge on any atom is -0.360 e. The Morgan fingerprint density at radius 1 is 1.40 bits per heavy atom. The predicted octanol–water partition coefficient (Wildman–Crippen LogP) is 2.58. The van der Waals surface area contributed by atoms with Crippen LogP contribution in [0.5, 0.6) is 0 Å². The number of hydrogen-bond acceptors (Lipinski definition) is 4. The first-order valence-electron chi connectivity index (χ1n) is 7.69. The Labute approximate surface area is 119 Å². The van der Waals surface area contributed by atoms with Gasteiger partial charge in [0.25, 0.3) is 0 Å². The van der Waals surface area contributed by atoms with Crippen LogP contribution in [0.3, 0.4) is 0 Å². The summed E-state index contributed by atoms with van der Waals surface area (Å²) >= 11 is 0. The van der Waals surface area contributed by atoms with Crippen LogP contribution in [0.15, 0.2) is 10.6 Å². The minimum atomic E-state index is 0.0181. The van der Waals surface area contributed by atoms with Crippen molar-refractivity contribution < 1.29 is 9.32 Å². The highest BCUT2D eigenvalue weighted by Crippen LogP contribution is 2.34. The molecular weight excluding hydrogens is 254 g/mol. The topological polar surface area (TPSA) is 58.4 Å². The average molecular weight is 277 g/mol. The number of piperidine rings is 1. The van der Waals surface area contributed by atoms with Gasteiger partial charge in [-0.3, -0.25) is 9.69 Å². The molecule has 5 nitrogen and oxygen atoms in total. The van der Waals surface area contributed by atoms with E-state index in [0.29, 0.717) is 24.2 Å². The maximum absolute atomic E-state index is 12.1. The van der Waals surface area contributed by atoms with E-state index in [2.05, 4.69) is 15.4 Å². The van der Waals surface area contributed by atoms with Crippen molar-refractivity contribution in [3.05, 3.63) is 11.8 Å². The second-order valence-electron chi connectivity index (χ2n) is 6.10. The fraction of sp³-hybridized carbons (Fsp3) is 0.733. The molecule has 1 aliphatic heterocycles. The van der Waals surface area contributed by atoms with Crippen molar-refractivity contribution >= 4 is 11.7 Å². The van der Waals surface area contributed by atoms with Gasteiger partial charge in [0.05, 0.1) is 6.54 Å². The first kappa shape index (κ1) is 13.6. The van der Waals surface area contributed by atoms with E-state index >= 15 is 0 Å². The Kier molecular flexibility index (Phi) is 4.05. The largest absolute Gasteiger partial charge is 0.360 e. The van der Waals surface area contributed by atoms with Gasteiger partial charge in [-0.15, -0.1) is 0 Å². The van der Waals surface area contributed by atoms with Crippen LogP contribution >= 0.6 is 0 Å². The Bertz CT molecular complexity index is 469. The average Bonchev–Trinajstić information content (AvgIpc) is 2.84. The van der Waals surface area contributed by atoms with Gasteiger partial charge < -0.3 is 9.84 Å². The molecule has 2 atom stereocenters. The minimum absolute atomic E-state index is 0.0181. The van der Waals surface area contributed by atoms with Gasteiger partial charge in [-0.25, -0.2) is 0 Å². The Morgan fingerprint density at radius 3 is 3.00 bits per heavy atom. The van der Waals surface area contributed by atoms with Crippen LogP contribution in [0.2, 0.25) is 0 Å². The van der Waals surface area contributed by atoms with Crippen LogP contribution in [-0.4, -0.2) is 35.1 Å². The molecule has 1 N–H and O–H groups in total. The molecule has 2 unspecified atom stereocenters. The monoisotopic (exact) mass is 277 g/mol. The zero-order chi connectivity index (χ0) is 13.9. The molecule has 1 amide bonds. The SMILES string of the molecule is Cc1cc(NC(=O)CN2CCCC3CCCCC32)no1. The molecule has 0 aromatic carbocycles. The number of aromatic nitrogens is 1. The van der Waals surface area contributed by atoms with Crippen LogP contribution in [0.25, 0.3) is 0 Å². The molecule has 0 radical (unpaired) electrons. The van der Waals surface area contributed by atoms with Crippen LogP contribution < -0.4 is 5.32 Å². The lowest BCUT2D eigenvalue weighted by molar-refractivity contribution is -0.119. The van der Waals surface area contributed by atoms with Crippen molar-refractivity contribution in [2.75, 3.05) is 18.4 Å². The van der Waals surface area contributed by atoms with E-state index in [4.69, 9.17) is 4.52 Å². The molecule has 0 spiro atoms. The molecule has 1 saturated heterocycles. The summed E-state index contributed by atoms with van der Waals surface area (Å²) in [5, 5.41) is 6.62. The fourth-order valence-corrected chi connectivity index (χ4v) is 3.72. The van der Waals surface area contributed by atoms with Gasteiger partial charge in [-0.05, 0) is 45.1 Å². The summed E-state index contributed by atoms with van der Waals surface area (Å²) < 4.78 is 4.96. The number of carbonyl (C=O) groups is 1. The van der Waals surface area contributed by atoms with Crippen LogP contribution in [-0.2, 0) is 4.79 Å². The molecule has 1 aromatic rings. The number of hydrogen-bond donors (Lipinski definition) is 1. The van der Waals surface area contributed by atoms with Crippen molar-refractivity contribution in [1.82, 2.24) is 10.1 Å². The lowest BCUT2D eigenvalue weighted by atomic mass is 9.78. The summed E-state index contributed by atoms with van der Waals surface area (Å²) in [5.41, 5.74) is 0. The van der Waals surface area contributed by atoms with E-state index in [1.54, 1.807) is 6.07 Å². The molecular formula is C15H23N3O2. The Morgan fingerprint density at radius 2 is 2.20 bits per heavy atom. The van der Waals surface area contributed by atoms with E-state index in [9.17, 15) is 4.79 Å². The van der Waals surface area contributed by atoms with Crippen molar-refractivity contribution in [2.45, 2.75) is 51.5 Å². The van der Waals surface area contributed by atoms with Gasteiger partial charge in [0.1, 0.15) is 5.76 Å². The van der Waals surface area contributed by atoms with Gasteiger partial charge in [0.15, 0.2) is 5.82 Å².